The highest BCUT2D eigenvalue weighted by Crippen LogP contribution is 2.59. The van der Waals surface area contributed by atoms with Crippen molar-refractivity contribution in [1.29, 1.82) is 0 Å². The molecule has 2 aromatic heterocycles. The highest BCUT2D eigenvalue weighted by Gasteiger charge is 2.52. The molecule has 2 fully saturated rings. The summed E-state index contributed by atoms with van der Waals surface area (Å²) < 4.78 is 43.3. The Hall–Kier alpha value is -2.08. The van der Waals surface area contributed by atoms with Crippen LogP contribution in [-0.4, -0.2) is 49.5 Å². The van der Waals surface area contributed by atoms with Crippen LogP contribution < -0.4 is 5.73 Å². The van der Waals surface area contributed by atoms with Crippen LogP contribution in [0.1, 0.15) is 6.23 Å². The van der Waals surface area contributed by atoms with E-state index in [2.05, 4.69) is 27.2 Å². The summed E-state index contributed by atoms with van der Waals surface area (Å²) in [6, 6.07) is 5.64. The molecule has 29 heavy (non-hydrogen) atoms. The lowest BCUT2D eigenvalue weighted by atomic mass is 10.1. The number of ether oxygens (including phenoxy) is 1. The second-order valence-electron chi connectivity index (χ2n) is 6.63. The molecule has 13 heteroatoms. The fraction of sp³-hybridized carbons (Fsp3) is 0.312. The van der Waals surface area contributed by atoms with Gasteiger partial charge >= 0.3 is 6.80 Å². The Morgan fingerprint density at radius 3 is 2.83 bits per heavy atom. The molecule has 10 nitrogen and oxygen atoms in total. The molecular weight excluding hydrogens is 424 g/mol. The smallest absolute Gasteiger partial charge is 0.386 e. The Labute approximate surface area is 168 Å². The molecule has 0 amide bonds. The Morgan fingerprint density at radius 1 is 1.31 bits per heavy atom. The normalized spacial score (nSPS) is 31.8. The number of imidazole rings is 1. The van der Waals surface area contributed by atoms with Gasteiger partial charge in [0, 0.05) is 5.56 Å². The van der Waals surface area contributed by atoms with Gasteiger partial charge in [-0.25, -0.2) is 23.9 Å². The molecule has 0 bridgehead atoms. The van der Waals surface area contributed by atoms with Crippen molar-refractivity contribution in [1.82, 2.24) is 19.5 Å². The van der Waals surface area contributed by atoms with E-state index in [0.717, 1.165) is 0 Å². The van der Waals surface area contributed by atoms with Gasteiger partial charge in [0.1, 0.15) is 36.3 Å². The van der Waals surface area contributed by atoms with Gasteiger partial charge in [-0.2, -0.15) is 0 Å². The van der Waals surface area contributed by atoms with Gasteiger partial charge in [0.25, 0.3) is 0 Å². The van der Waals surface area contributed by atoms with Gasteiger partial charge in [0.05, 0.1) is 6.61 Å². The van der Waals surface area contributed by atoms with E-state index in [-0.39, 0.29) is 12.4 Å². The summed E-state index contributed by atoms with van der Waals surface area (Å²) in [4.78, 5) is 12.7. The average Bonchev–Trinajstić information content (AvgIpc) is 3.21. The molecule has 5 atom stereocenters. The third-order valence-corrected chi connectivity index (χ3v) is 6.44. The zero-order valence-corrected chi connectivity index (χ0v) is 16.4. The van der Waals surface area contributed by atoms with Crippen molar-refractivity contribution in [3.63, 3.8) is 0 Å². The van der Waals surface area contributed by atoms with Crippen molar-refractivity contribution >= 4 is 36.0 Å². The first-order chi connectivity index (χ1) is 13.8. The van der Waals surface area contributed by atoms with Crippen molar-refractivity contribution in [2.45, 2.75) is 24.5 Å². The molecular formula is C16H15FN5O5PS. The first-order valence-electron chi connectivity index (χ1n) is 8.58. The van der Waals surface area contributed by atoms with E-state index in [9.17, 15) is 14.1 Å². The number of rotatable bonds is 2. The summed E-state index contributed by atoms with van der Waals surface area (Å²) in [5.74, 6) is 0.0697. The summed E-state index contributed by atoms with van der Waals surface area (Å²) in [7, 11) is 0. The van der Waals surface area contributed by atoms with Gasteiger partial charge in [0.15, 0.2) is 23.2 Å². The quantitative estimate of drug-likeness (QED) is 0.404. The molecule has 5 rings (SSSR count). The maximum absolute atomic E-state index is 13.4. The van der Waals surface area contributed by atoms with Gasteiger partial charge < -0.3 is 15.6 Å². The number of aliphatic hydroxyl groups is 1. The molecule has 2 saturated heterocycles. The minimum atomic E-state index is -3.59. The van der Waals surface area contributed by atoms with E-state index < -0.39 is 37.2 Å². The number of fused-ring (bicyclic) bond motifs is 2. The number of benzene rings is 1. The predicted molar refractivity (Wildman–Crippen MR) is 102 cm³/mol. The van der Waals surface area contributed by atoms with Crippen LogP contribution in [-0.2, 0) is 18.3 Å². The minimum Gasteiger partial charge on any atom is -0.386 e. The van der Waals surface area contributed by atoms with Gasteiger partial charge in [-0.05, 0) is 24.3 Å². The van der Waals surface area contributed by atoms with Crippen LogP contribution in [0.15, 0.2) is 30.6 Å². The molecule has 1 aromatic carbocycles. The number of nitrogens with two attached hydrogens (primary N) is 1. The van der Waals surface area contributed by atoms with E-state index >= 15 is 0 Å². The van der Waals surface area contributed by atoms with E-state index in [4.69, 9.17) is 19.5 Å². The number of hydrogen-bond acceptors (Lipinski definition) is 9. The molecule has 152 valence electrons. The predicted octanol–water partition coefficient (Wildman–Crippen LogP) is 1.93. The van der Waals surface area contributed by atoms with Crippen LogP contribution in [0.2, 0.25) is 0 Å². The van der Waals surface area contributed by atoms with Crippen molar-refractivity contribution in [2.24, 2.45) is 0 Å². The lowest BCUT2D eigenvalue weighted by Gasteiger charge is -2.28. The van der Waals surface area contributed by atoms with E-state index in [1.54, 1.807) is 0 Å². The van der Waals surface area contributed by atoms with Crippen LogP contribution in [0, 0.1) is 5.82 Å². The topological polar surface area (TPSA) is 135 Å². The molecule has 4 heterocycles. The van der Waals surface area contributed by atoms with Gasteiger partial charge in [-0.15, -0.1) is 0 Å². The lowest BCUT2D eigenvalue weighted by molar-refractivity contribution is -0.0555. The number of hydrogen-bond donors (Lipinski definition) is 3. The number of thiol groups is 1. The maximum atomic E-state index is 13.4. The van der Waals surface area contributed by atoms with Crippen LogP contribution in [0.25, 0.3) is 22.6 Å². The molecule has 0 saturated carbocycles. The van der Waals surface area contributed by atoms with Gasteiger partial charge in [0.2, 0.25) is 0 Å². The van der Waals surface area contributed by atoms with Crippen molar-refractivity contribution in [3.05, 3.63) is 36.4 Å². The fourth-order valence-corrected chi connectivity index (χ4v) is 5.01. The Morgan fingerprint density at radius 2 is 2.07 bits per heavy atom. The molecule has 0 radical (unpaired) electrons. The zero-order valence-electron chi connectivity index (χ0n) is 14.6. The summed E-state index contributed by atoms with van der Waals surface area (Å²) in [6.45, 7) is -3.65. The number of nitrogens with zero attached hydrogens (tertiary/aromatic N) is 4. The summed E-state index contributed by atoms with van der Waals surface area (Å²) >= 11 is 3.86. The van der Waals surface area contributed by atoms with Crippen LogP contribution in [0.5, 0.6) is 0 Å². The second-order valence-corrected chi connectivity index (χ2v) is 9.51. The largest absolute Gasteiger partial charge is 0.386 e. The van der Waals surface area contributed by atoms with Gasteiger partial charge in [-0.1, -0.05) is 12.2 Å². The summed E-state index contributed by atoms with van der Waals surface area (Å²) in [5, 5.41) is 10.9. The van der Waals surface area contributed by atoms with Crippen LogP contribution >= 0.6 is 19.0 Å². The third-order valence-electron chi connectivity index (χ3n) is 4.83. The lowest BCUT2D eigenvalue weighted by Crippen LogP contribution is -2.38. The van der Waals surface area contributed by atoms with Gasteiger partial charge in [-0.3, -0.25) is 13.6 Å². The monoisotopic (exact) mass is 439 g/mol. The van der Waals surface area contributed by atoms with E-state index in [1.807, 2.05) is 0 Å². The second kappa shape index (κ2) is 6.73. The van der Waals surface area contributed by atoms with Crippen molar-refractivity contribution in [3.8, 4) is 11.4 Å². The third kappa shape index (κ3) is 3.12. The minimum absolute atomic E-state index is 0.0609. The van der Waals surface area contributed by atoms with Crippen molar-refractivity contribution in [2.75, 3.05) is 12.3 Å². The molecule has 3 N–H and O–H groups in total. The molecule has 2 aliphatic rings. The average molecular weight is 439 g/mol. The van der Waals surface area contributed by atoms with E-state index in [0.29, 0.717) is 22.6 Å². The molecule has 3 aromatic rings. The molecule has 0 spiro atoms. The molecule has 0 aliphatic carbocycles. The van der Waals surface area contributed by atoms with Crippen LogP contribution in [0.4, 0.5) is 10.2 Å². The summed E-state index contributed by atoms with van der Waals surface area (Å²) in [6.07, 6.45) is -2.56. The van der Waals surface area contributed by atoms with Crippen molar-refractivity contribution < 1.29 is 27.8 Å². The SMILES string of the molecule is Nc1ncnc2c1nc(-c1ccc(F)cc1)n2[C@@H]1OC2CO[P@@](=O)(S)OC2[C@@H]1O. The molecule has 2 unspecified atom stereocenters. The standard InChI is InChI=1S/C16H15FN5O5PS/c17-8-3-1-7(2-4-8)14-21-10-13(18)19-6-20-15(10)22(14)16-11(23)12-9(26-16)5-25-28(24,29)27-12/h1-4,6,9,11-12,16,23H,5H2,(H,24,29)(H2,18,19,20)/t9?,11-,12?,16+,28+/m0/s1. The number of anilines is 1. The zero-order chi connectivity index (χ0) is 20.3. The Bertz CT molecular complexity index is 1140. The fourth-order valence-electron chi connectivity index (χ4n) is 3.52. The number of nitrogen functional groups attached to an aromatic ring is 1. The molecule has 2 aliphatic heterocycles. The Kier molecular flexibility index (Phi) is 4.39. The number of halogens is 1. The number of aromatic nitrogens is 4. The Balaban J connectivity index is 1.66. The maximum Gasteiger partial charge on any atom is 0.386 e. The highest BCUT2D eigenvalue weighted by atomic mass is 32.7. The first-order valence-corrected chi connectivity index (χ1v) is 11.3. The van der Waals surface area contributed by atoms with E-state index in [1.165, 1.54) is 35.2 Å². The van der Waals surface area contributed by atoms with Crippen LogP contribution in [0.3, 0.4) is 0 Å². The first kappa shape index (κ1) is 18.9. The highest BCUT2D eigenvalue weighted by molar-refractivity contribution is 8.44. The summed E-state index contributed by atoms with van der Waals surface area (Å²) in [5.41, 5.74) is 7.11. The number of aliphatic hydroxyl groups excluding tert-OH is 1.